The quantitative estimate of drug-likeness (QED) is 0.859. The molecule has 0 bridgehead atoms. The fraction of sp³-hybridized carbons (Fsp3) is 0.533. The van der Waals surface area contributed by atoms with Crippen LogP contribution in [-0.4, -0.2) is 17.6 Å². The molecular weight excluding hydrogens is 226 g/mol. The lowest BCUT2D eigenvalue weighted by molar-refractivity contribution is 0.0430. The molecule has 1 aliphatic carbocycles. The summed E-state index contributed by atoms with van der Waals surface area (Å²) in [6, 6.07) is 7.42. The van der Waals surface area contributed by atoms with Crippen LogP contribution in [0.1, 0.15) is 54.9 Å². The van der Waals surface area contributed by atoms with Crippen molar-refractivity contribution in [2.45, 2.75) is 44.6 Å². The first-order valence-corrected chi connectivity index (χ1v) is 6.77. The van der Waals surface area contributed by atoms with E-state index < -0.39 is 5.60 Å². The van der Waals surface area contributed by atoms with Gasteiger partial charge in [0.2, 0.25) is 0 Å². The SMILES string of the molecule is CCCNC(=O)c1ccccc1C1(O)CCCC1. The Balaban J connectivity index is 2.28. The standard InChI is InChI=1S/C15H21NO2/c1-2-11-16-14(17)12-7-3-4-8-13(12)15(18)9-5-6-10-15/h3-4,7-8,18H,2,5-6,9-11H2,1H3,(H,16,17). The Morgan fingerprint density at radius 1 is 1.33 bits per heavy atom. The van der Waals surface area contributed by atoms with Crippen molar-refractivity contribution in [1.29, 1.82) is 0 Å². The van der Waals surface area contributed by atoms with Crippen molar-refractivity contribution in [2.24, 2.45) is 0 Å². The molecule has 0 saturated heterocycles. The maximum Gasteiger partial charge on any atom is 0.251 e. The number of aliphatic hydroxyl groups is 1. The molecule has 0 radical (unpaired) electrons. The molecule has 1 fully saturated rings. The highest BCUT2D eigenvalue weighted by Gasteiger charge is 2.35. The van der Waals surface area contributed by atoms with Crippen molar-refractivity contribution in [2.75, 3.05) is 6.54 Å². The second kappa shape index (κ2) is 5.53. The minimum Gasteiger partial charge on any atom is -0.385 e. The van der Waals surface area contributed by atoms with E-state index in [0.29, 0.717) is 12.1 Å². The fourth-order valence-corrected chi connectivity index (χ4v) is 2.65. The van der Waals surface area contributed by atoms with Gasteiger partial charge < -0.3 is 10.4 Å². The van der Waals surface area contributed by atoms with Crippen LogP contribution in [0.5, 0.6) is 0 Å². The number of benzene rings is 1. The van der Waals surface area contributed by atoms with Gasteiger partial charge in [-0.3, -0.25) is 4.79 Å². The second-order valence-corrected chi connectivity index (χ2v) is 5.04. The summed E-state index contributed by atoms with van der Waals surface area (Å²) in [5.41, 5.74) is 0.603. The molecule has 0 aliphatic heterocycles. The topological polar surface area (TPSA) is 49.3 Å². The first-order valence-electron chi connectivity index (χ1n) is 6.77. The molecule has 2 N–H and O–H groups in total. The lowest BCUT2D eigenvalue weighted by atomic mass is 9.88. The van der Waals surface area contributed by atoms with Crippen LogP contribution in [0.4, 0.5) is 0 Å². The molecule has 1 amide bonds. The van der Waals surface area contributed by atoms with E-state index in [9.17, 15) is 9.90 Å². The molecular formula is C15H21NO2. The largest absolute Gasteiger partial charge is 0.385 e. The number of rotatable bonds is 4. The highest BCUT2D eigenvalue weighted by molar-refractivity contribution is 5.96. The van der Waals surface area contributed by atoms with Crippen molar-refractivity contribution in [3.63, 3.8) is 0 Å². The Morgan fingerprint density at radius 2 is 2.00 bits per heavy atom. The van der Waals surface area contributed by atoms with Crippen LogP contribution in [0.15, 0.2) is 24.3 Å². The Kier molecular flexibility index (Phi) is 4.02. The van der Waals surface area contributed by atoms with Gasteiger partial charge in [0, 0.05) is 12.1 Å². The lowest BCUT2D eigenvalue weighted by Gasteiger charge is -2.25. The number of amides is 1. The van der Waals surface area contributed by atoms with E-state index in [1.54, 1.807) is 6.07 Å². The zero-order valence-corrected chi connectivity index (χ0v) is 10.9. The number of nitrogens with one attached hydrogen (secondary N) is 1. The van der Waals surface area contributed by atoms with Crippen LogP contribution in [0.3, 0.4) is 0 Å². The third-order valence-corrected chi connectivity index (χ3v) is 3.64. The van der Waals surface area contributed by atoms with E-state index in [1.807, 2.05) is 25.1 Å². The van der Waals surface area contributed by atoms with Crippen molar-refractivity contribution >= 4 is 5.91 Å². The summed E-state index contributed by atoms with van der Waals surface area (Å²) >= 11 is 0. The van der Waals surface area contributed by atoms with Crippen LogP contribution in [0.2, 0.25) is 0 Å². The van der Waals surface area contributed by atoms with Gasteiger partial charge in [0.25, 0.3) is 5.91 Å². The first kappa shape index (κ1) is 13.1. The van der Waals surface area contributed by atoms with Gasteiger partial charge in [-0.2, -0.15) is 0 Å². The summed E-state index contributed by atoms with van der Waals surface area (Å²) in [7, 11) is 0. The maximum atomic E-state index is 12.1. The molecule has 0 heterocycles. The zero-order chi connectivity index (χ0) is 13.0. The summed E-state index contributed by atoms with van der Waals surface area (Å²) < 4.78 is 0. The summed E-state index contributed by atoms with van der Waals surface area (Å²) in [4.78, 5) is 12.1. The minimum absolute atomic E-state index is 0.0761. The first-order chi connectivity index (χ1) is 8.67. The molecule has 98 valence electrons. The van der Waals surface area contributed by atoms with Crippen molar-refractivity contribution < 1.29 is 9.90 Å². The van der Waals surface area contributed by atoms with Gasteiger partial charge in [0.1, 0.15) is 0 Å². The minimum atomic E-state index is -0.805. The molecule has 2 rings (SSSR count). The number of hydrogen-bond acceptors (Lipinski definition) is 2. The zero-order valence-electron chi connectivity index (χ0n) is 10.9. The molecule has 0 spiro atoms. The Morgan fingerprint density at radius 3 is 2.67 bits per heavy atom. The van der Waals surface area contributed by atoms with Gasteiger partial charge >= 0.3 is 0 Å². The van der Waals surface area contributed by atoms with Gasteiger partial charge in [-0.05, 0) is 30.9 Å². The average Bonchev–Trinajstić information content (AvgIpc) is 2.84. The molecule has 0 unspecified atom stereocenters. The van der Waals surface area contributed by atoms with Crippen LogP contribution < -0.4 is 5.32 Å². The van der Waals surface area contributed by atoms with Gasteiger partial charge in [-0.1, -0.05) is 38.0 Å². The van der Waals surface area contributed by atoms with Gasteiger partial charge in [0.05, 0.1) is 5.60 Å². The summed E-state index contributed by atoms with van der Waals surface area (Å²) in [5, 5.41) is 13.5. The monoisotopic (exact) mass is 247 g/mol. The van der Waals surface area contributed by atoms with Crippen LogP contribution in [0, 0.1) is 0 Å². The number of carbonyl (C=O) groups excluding carboxylic acids is 1. The van der Waals surface area contributed by atoms with E-state index >= 15 is 0 Å². The third kappa shape index (κ3) is 2.56. The van der Waals surface area contributed by atoms with Gasteiger partial charge in [-0.15, -0.1) is 0 Å². The van der Waals surface area contributed by atoms with Crippen LogP contribution in [0.25, 0.3) is 0 Å². The summed E-state index contributed by atoms with van der Waals surface area (Å²) in [6.45, 7) is 2.70. The number of carbonyl (C=O) groups is 1. The van der Waals surface area contributed by atoms with Crippen molar-refractivity contribution in [3.05, 3.63) is 35.4 Å². The lowest BCUT2D eigenvalue weighted by Crippen LogP contribution is -2.30. The number of hydrogen-bond donors (Lipinski definition) is 2. The predicted molar refractivity (Wildman–Crippen MR) is 71.4 cm³/mol. The molecule has 18 heavy (non-hydrogen) atoms. The van der Waals surface area contributed by atoms with E-state index in [2.05, 4.69) is 5.32 Å². The second-order valence-electron chi connectivity index (χ2n) is 5.04. The Bertz CT molecular complexity index is 422. The van der Waals surface area contributed by atoms with Crippen molar-refractivity contribution in [3.8, 4) is 0 Å². The fourth-order valence-electron chi connectivity index (χ4n) is 2.65. The smallest absolute Gasteiger partial charge is 0.251 e. The van der Waals surface area contributed by atoms with Crippen molar-refractivity contribution in [1.82, 2.24) is 5.32 Å². The van der Waals surface area contributed by atoms with Gasteiger partial charge in [0.15, 0.2) is 0 Å². The summed E-state index contributed by atoms with van der Waals surface area (Å²) in [5.74, 6) is -0.0761. The van der Waals surface area contributed by atoms with E-state index in [0.717, 1.165) is 37.7 Å². The average molecular weight is 247 g/mol. The highest BCUT2D eigenvalue weighted by Crippen LogP contribution is 2.39. The maximum absolute atomic E-state index is 12.1. The summed E-state index contributed by atoms with van der Waals surface area (Å²) in [6.07, 6.45) is 4.48. The molecule has 1 aliphatic rings. The van der Waals surface area contributed by atoms with E-state index in [4.69, 9.17) is 0 Å². The molecule has 0 aromatic heterocycles. The predicted octanol–water partition coefficient (Wildman–Crippen LogP) is 2.59. The highest BCUT2D eigenvalue weighted by atomic mass is 16.3. The Labute approximate surface area is 108 Å². The van der Waals surface area contributed by atoms with Gasteiger partial charge in [-0.25, -0.2) is 0 Å². The Hall–Kier alpha value is -1.35. The van der Waals surface area contributed by atoms with E-state index in [-0.39, 0.29) is 5.91 Å². The molecule has 1 saturated carbocycles. The van der Waals surface area contributed by atoms with Crippen LogP contribution >= 0.6 is 0 Å². The third-order valence-electron chi connectivity index (χ3n) is 3.64. The normalized spacial score (nSPS) is 17.7. The molecule has 1 aromatic rings. The molecule has 3 heteroatoms. The molecule has 1 aromatic carbocycles. The molecule has 0 atom stereocenters. The molecule has 3 nitrogen and oxygen atoms in total. The van der Waals surface area contributed by atoms with Crippen LogP contribution in [-0.2, 0) is 5.60 Å². The van der Waals surface area contributed by atoms with E-state index in [1.165, 1.54) is 0 Å².